The zero-order valence-corrected chi connectivity index (χ0v) is 10.5. The van der Waals surface area contributed by atoms with Crippen molar-refractivity contribution in [3.8, 4) is 0 Å². The fourth-order valence-corrected chi connectivity index (χ4v) is 2.80. The van der Waals surface area contributed by atoms with Gasteiger partial charge in [0, 0.05) is 12.0 Å². The molecule has 1 saturated heterocycles. The van der Waals surface area contributed by atoms with E-state index >= 15 is 0 Å². The largest absolute Gasteiger partial charge is 0.330 e. The van der Waals surface area contributed by atoms with Crippen molar-refractivity contribution in [1.29, 1.82) is 0 Å². The first-order valence-corrected chi connectivity index (χ1v) is 6.31. The minimum atomic E-state index is -0.171. The van der Waals surface area contributed by atoms with E-state index in [0.717, 1.165) is 37.9 Å². The molecule has 1 unspecified atom stereocenters. The number of nitrogens with zero attached hydrogens (tertiary/aromatic N) is 1. The Morgan fingerprint density at radius 1 is 1.29 bits per heavy atom. The Bertz CT molecular complexity index is 380. The zero-order valence-electron chi connectivity index (χ0n) is 10.5. The fraction of sp³-hybridized carbons (Fsp3) is 0.571. The van der Waals surface area contributed by atoms with E-state index in [0.29, 0.717) is 6.54 Å². The highest BCUT2D eigenvalue weighted by atomic mass is 19.1. The Kier molecular flexibility index (Phi) is 3.79. The first-order valence-electron chi connectivity index (χ1n) is 6.31. The lowest BCUT2D eigenvalue weighted by molar-refractivity contribution is 0.324. The summed E-state index contributed by atoms with van der Waals surface area (Å²) in [5.41, 5.74) is 6.60. The van der Waals surface area contributed by atoms with E-state index in [4.69, 9.17) is 5.73 Å². The summed E-state index contributed by atoms with van der Waals surface area (Å²) < 4.78 is 14.0. The molecule has 94 valence electrons. The molecule has 0 radical (unpaired) electrons. The van der Waals surface area contributed by atoms with Crippen LogP contribution in [0.1, 0.15) is 24.8 Å². The minimum Gasteiger partial charge on any atom is -0.330 e. The van der Waals surface area contributed by atoms with Crippen molar-refractivity contribution in [2.24, 2.45) is 5.73 Å². The number of hydrogen-bond acceptors (Lipinski definition) is 2. The van der Waals surface area contributed by atoms with Crippen LogP contribution in [0.15, 0.2) is 24.3 Å². The van der Waals surface area contributed by atoms with Crippen LogP contribution in [-0.4, -0.2) is 31.6 Å². The molecular formula is C14H21FN2. The third-order valence-corrected chi connectivity index (χ3v) is 4.00. The van der Waals surface area contributed by atoms with Gasteiger partial charge in [-0.2, -0.15) is 0 Å². The number of rotatable bonds is 2. The summed E-state index contributed by atoms with van der Waals surface area (Å²) in [5, 5.41) is 0. The van der Waals surface area contributed by atoms with E-state index in [2.05, 4.69) is 11.9 Å². The summed E-state index contributed by atoms with van der Waals surface area (Å²) in [6.45, 7) is 2.60. The van der Waals surface area contributed by atoms with Gasteiger partial charge in [-0.1, -0.05) is 18.2 Å². The van der Waals surface area contributed by atoms with Gasteiger partial charge in [-0.25, -0.2) is 4.39 Å². The molecule has 0 aliphatic carbocycles. The van der Waals surface area contributed by atoms with Crippen molar-refractivity contribution in [3.05, 3.63) is 35.6 Å². The molecule has 0 spiro atoms. The van der Waals surface area contributed by atoms with Gasteiger partial charge in [0.2, 0.25) is 0 Å². The van der Waals surface area contributed by atoms with Crippen molar-refractivity contribution in [1.82, 2.24) is 4.90 Å². The van der Waals surface area contributed by atoms with Crippen molar-refractivity contribution >= 4 is 0 Å². The topological polar surface area (TPSA) is 29.3 Å². The number of likely N-dealkylation sites (tertiary alicyclic amines) is 1. The molecule has 2 rings (SSSR count). The smallest absolute Gasteiger partial charge is 0.127 e. The van der Waals surface area contributed by atoms with Gasteiger partial charge in [0.1, 0.15) is 5.82 Å². The molecule has 1 aromatic carbocycles. The highest BCUT2D eigenvalue weighted by molar-refractivity contribution is 5.28. The van der Waals surface area contributed by atoms with Gasteiger partial charge in [-0.15, -0.1) is 0 Å². The highest BCUT2D eigenvalue weighted by Crippen LogP contribution is 2.35. The molecule has 2 N–H and O–H groups in total. The van der Waals surface area contributed by atoms with E-state index in [1.807, 2.05) is 12.1 Å². The minimum absolute atomic E-state index is 0.109. The van der Waals surface area contributed by atoms with Crippen molar-refractivity contribution in [2.45, 2.75) is 24.7 Å². The van der Waals surface area contributed by atoms with Gasteiger partial charge in [0.15, 0.2) is 0 Å². The van der Waals surface area contributed by atoms with E-state index in [1.54, 1.807) is 12.1 Å². The third kappa shape index (κ3) is 2.50. The van der Waals surface area contributed by atoms with Crippen molar-refractivity contribution < 1.29 is 4.39 Å². The quantitative estimate of drug-likeness (QED) is 0.852. The molecule has 1 fully saturated rings. The average molecular weight is 236 g/mol. The number of benzene rings is 1. The first-order chi connectivity index (χ1) is 8.18. The molecule has 1 heterocycles. The van der Waals surface area contributed by atoms with Gasteiger partial charge < -0.3 is 10.6 Å². The number of hydrogen-bond donors (Lipinski definition) is 1. The molecule has 3 heteroatoms. The molecule has 2 nitrogen and oxygen atoms in total. The van der Waals surface area contributed by atoms with Crippen LogP contribution < -0.4 is 5.73 Å². The Morgan fingerprint density at radius 3 is 2.76 bits per heavy atom. The second-order valence-corrected chi connectivity index (χ2v) is 5.12. The zero-order chi connectivity index (χ0) is 12.3. The summed E-state index contributed by atoms with van der Waals surface area (Å²) in [4.78, 5) is 2.30. The van der Waals surface area contributed by atoms with E-state index < -0.39 is 0 Å². The summed E-state index contributed by atoms with van der Waals surface area (Å²) in [6, 6.07) is 7.09. The SMILES string of the molecule is CN1CCCC(CN)(c2ccccc2F)CC1. The Hall–Kier alpha value is -0.930. The van der Waals surface area contributed by atoms with Crippen LogP contribution in [-0.2, 0) is 5.41 Å². The van der Waals surface area contributed by atoms with Gasteiger partial charge >= 0.3 is 0 Å². The molecule has 0 amide bonds. The Morgan fingerprint density at radius 2 is 2.06 bits per heavy atom. The number of nitrogens with two attached hydrogens (primary N) is 1. The van der Waals surface area contributed by atoms with Gasteiger partial charge in [0.25, 0.3) is 0 Å². The summed E-state index contributed by atoms with van der Waals surface area (Å²) >= 11 is 0. The van der Waals surface area contributed by atoms with E-state index in [9.17, 15) is 4.39 Å². The van der Waals surface area contributed by atoms with Crippen LogP contribution in [0.2, 0.25) is 0 Å². The van der Waals surface area contributed by atoms with E-state index in [-0.39, 0.29) is 11.2 Å². The van der Waals surface area contributed by atoms with Crippen LogP contribution in [0.4, 0.5) is 4.39 Å². The summed E-state index contributed by atoms with van der Waals surface area (Å²) in [5.74, 6) is -0.109. The molecule has 1 aromatic rings. The molecule has 17 heavy (non-hydrogen) atoms. The second kappa shape index (κ2) is 5.15. The predicted octanol–water partition coefficient (Wildman–Crippen LogP) is 2.14. The van der Waals surface area contributed by atoms with Crippen LogP contribution >= 0.6 is 0 Å². The van der Waals surface area contributed by atoms with Gasteiger partial charge in [-0.3, -0.25) is 0 Å². The molecule has 0 saturated carbocycles. The molecule has 0 bridgehead atoms. The normalized spacial score (nSPS) is 26.8. The maximum atomic E-state index is 14.0. The monoisotopic (exact) mass is 236 g/mol. The molecule has 0 aromatic heterocycles. The highest BCUT2D eigenvalue weighted by Gasteiger charge is 2.34. The van der Waals surface area contributed by atoms with E-state index in [1.165, 1.54) is 0 Å². The molecule has 1 aliphatic heterocycles. The van der Waals surface area contributed by atoms with Crippen molar-refractivity contribution in [3.63, 3.8) is 0 Å². The number of halogens is 1. The standard InChI is InChI=1S/C14H21FN2/c1-17-9-4-7-14(11-16,8-10-17)12-5-2-3-6-13(12)15/h2-3,5-6H,4,7-11,16H2,1H3. The van der Waals surface area contributed by atoms with Crippen LogP contribution in [0.3, 0.4) is 0 Å². The lowest BCUT2D eigenvalue weighted by Crippen LogP contribution is -2.37. The van der Waals surface area contributed by atoms with Crippen LogP contribution in [0, 0.1) is 5.82 Å². The van der Waals surface area contributed by atoms with Gasteiger partial charge in [-0.05, 0) is 51.0 Å². The van der Waals surface area contributed by atoms with Gasteiger partial charge in [0.05, 0.1) is 0 Å². The predicted molar refractivity (Wildman–Crippen MR) is 68.5 cm³/mol. The first kappa shape index (κ1) is 12.5. The molecule has 1 aliphatic rings. The fourth-order valence-electron chi connectivity index (χ4n) is 2.80. The maximum absolute atomic E-state index is 14.0. The second-order valence-electron chi connectivity index (χ2n) is 5.12. The summed E-state index contributed by atoms with van der Waals surface area (Å²) in [6.07, 6.45) is 3.01. The van der Waals surface area contributed by atoms with Crippen LogP contribution in [0.25, 0.3) is 0 Å². The average Bonchev–Trinajstić information content (AvgIpc) is 2.53. The molecular weight excluding hydrogens is 215 g/mol. The van der Waals surface area contributed by atoms with Crippen LogP contribution in [0.5, 0.6) is 0 Å². The Labute approximate surface area is 103 Å². The third-order valence-electron chi connectivity index (χ3n) is 4.00. The summed E-state index contributed by atoms with van der Waals surface area (Å²) in [7, 11) is 2.12. The lowest BCUT2D eigenvalue weighted by Gasteiger charge is -2.32. The Balaban J connectivity index is 2.33. The van der Waals surface area contributed by atoms with Crippen molar-refractivity contribution in [2.75, 3.05) is 26.7 Å². The molecule has 1 atom stereocenters. The lowest BCUT2D eigenvalue weighted by atomic mass is 9.74. The maximum Gasteiger partial charge on any atom is 0.127 e.